The summed E-state index contributed by atoms with van der Waals surface area (Å²) in [7, 11) is 1.86. The van der Waals surface area contributed by atoms with Crippen LogP contribution >= 0.6 is 0 Å². The van der Waals surface area contributed by atoms with Gasteiger partial charge in [0.15, 0.2) is 0 Å². The van der Waals surface area contributed by atoms with Crippen molar-refractivity contribution in [2.24, 2.45) is 0 Å². The van der Waals surface area contributed by atoms with Gasteiger partial charge in [0.1, 0.15) is 11.6 Å². The highest BCUT2D eigenvalue weighted by Gasteiger charge is 2.35. The zero-order valence-electron chi connectivity index (χ0n) is 11.5. The summed E-state index contributed by atoms with van der Waals surface area (Å²) in [5.41, 5.74) is 0.391. The van der Waals surface area contributed by atoms with Crippen molar-refractivity contribution in [2.75, 3.05) is 13.7 Å². The Morgan fingerprint density at radius 1 is 1.26 bits per heavy atom. The van der Waals surface area contributed by atoms with Crippen molar-refractivity contribution in [1.29, 1.82) is 0 Å². The van der Waals surface area contributed by atoms with E-state index in [-0.39, 0.29) is 11.6 Å². The normalized spacial score (nSPS) is 25.3. The van der Waals surface area contributed by atoms with Crippen LogP contribution in [0.2, 0.25) is 0 Å². The lowest BCUT2D eigenvalue weighted by Crippen LogP contribution is -2.52. The molecule has 0 saturated carbocycles. The van der Waals surface area contributed by atoms with Crippen LogP contribution in [0.15, 0.2) is 18.2 Å². The molecule has 2 nitrogen and oxygen atoms in total. The van der Waals surface area contributed by atoms with Crippen molar-refractivity contribution >= 4 is 0 Å². The van der Waals surface area contributed by atoms with Gasteiger partial charge < -0.3 is 10.1 Å². The molecule has 2 rings (SSSR count). The van der Waals surface area contributed by atoms with Gasteiger partial charge in [-0.25, -0.2) is 8.78 Å². The van der Waals surface area contributed by atoms with Gasteiger partial charge in [-0.15, -0.1) is 0 Å². The van der Waals surface area contributed by atoms with Crippen molar-refractivity contribution in [3.8, 4) is 0 Å². The Morgan fingerprint density at radius 3 is 2.47 bits per heavy atom. The van der Waals surface area contributed by atoms with Crippen LogP contribution in [0.1, 0.15) is 31.7 Å². The summed E-state index contributed by atoms with van der Waals surface area (Å²) >= 11 is 0. The Balaban J connectivity index is 2.13. The summed E-state index contributed by atoms with van der Waals surface area (Å²) in [6.07, 6.45) is 3.74. The van der Waals surface area contributed by atoms with Gasteiger partial charge in [0.25, 0.3) is 0 Å². The molecule has 1 aromatic carbocycles. The van der Waals surface area contributed by atoms with E-state index in [2.05, 4.69) is 12.2 Å². The fraction of sp³-hybridized carbons (Fsp3) is 0.600. The molecule has 0 bridgehead atoms. The molecule has 1 fully saturated rings. The second-order valence-corrected chi connectivity index (χ2v) is 5.44. The van der Waals surface area contributed by atoms with Crippen molar-refractivity contribution in [3.05, 3.63) is 35.4 Å². The topological polar surface area (TPSA) is 21.3 Å². The van der Waals surface area contributed by atoms with E-state index in [9.17, 15) is 8.78 Å². The van der Waals surface area contributed by atoms with Gasteiger partial charge in [-0.2, -0.15) is 0 Å². The molecule has 0 aromatic heterocycles. The van der Waals surface area contributed by atoms with E-state index < -0.39 is 11.6 Å². The van der Waals surface area contributed by atoms with Gasteiger partial charge in [-0.1, -0.05) is 0 Å². The van der Waals surface area contributed by atoms with Gasteiger partial charge in [0.05, 0.1) is 5.60 Å². The van der Waals surface area contributed by atoms with Crippen LogP contribution in [-0.2, 0) is 11.2 Å². The molecule has 1 aliphatic heterocycles. The average molecular weight is 269 g/mol. The van der Waals surface area contributed by atoms with Gasteiger partial charge >= 0.3 is 0 Å². The minimum absolute atomic E-state index is 0.0500. The van der Waals surface area contributed by atoms with Gasteiger partial charge in [0.2, 0.25) is 0 Å². The number of hydrogen-bond donors (Lipinski definition) is 1. The maximum absolute atomic E-state index is 13.2. The second-order valence-electron chi connectivity index (χ2n) is 5.44. The fourth-order valence-electron chi connectivity index (χ4n) is 2.82. The van der Waals surface area contributed by atoms with E-state index in [4.69, 9.17) is 4.74 Å². The molecule has 1 aliphatic rings. The average Bonchev–Trinajstić information content (AvgIpc) is 2.35. The van der Waals surface area contributed by atoms with Crippen molar-refractivity contribution < 1.29 is 13.5 Å². The van der Waals surface area contributed by atoms with Crippen LogP contribution in [0.4, 0.5) is 8.78 Å². The molecule has 0 radical (unpaired) electrons. The van der Waals surface area contributed by atoms with E-state index in [1.807, 2.05) is 7.05 Å². The van der Waals surface area contributed by atoms with E-state index in [1.54, 1.807) is 0 Å². The third-order valence-corrected chi connectivity index (χ3v) is 3.95. The highest BCUT2D eigenvalue weighted by atomic mass is 19.1. The lowest BCUT2D eigenvalue weighted by molar-refractivity contribution is -0.0870. The summed E-state index contributed by atoms with van der Waals surface area (Å²) in [6, 6.07) is 3.73. The highest BCUT2D eigenvalue weighted by molar-refractivity contribution is 5.20. The molecule has 1 aromatic rings. The molecule has 0 amide bonds. The third-order valence-electron chi connectivity index (χ3n) is 3.95. The zero-order valence-corrected chi connectivity index (χ0v) is 11.5. The molecular formula is C15H21F2NO. The van der Waals surface area contributed by atoms with Gasteiger partial charge in [0, 0.05) is 18.7 Å². The summed E-state index contributed by atoms with van der Waals surface area (Å²) < 4.78 is 32.4. The summed E-state index contributed by atoms with van der Waals surface area (Å²) in [6.45, 7) is 2.83. The van der Waals surface area contributed by atoms with Gasteiger partial charge in [-0.05, 0) is 57.4 Å². The third kappa shape index (κ3) is 3.51. The Kier molecular flexibility index (Phi) is 4.53. The predicted molar refractivity (Wildman–Crippen MR) is 71.1 cm³/mol. The largest absolute Gasteiger partial charge is 0.374 e. The first-order valence-electron chi connectivity index (χ1n) is 6.80. The van der Waals surface area contributed by atoms with Crippen LogP contribution in [0, 0.1) is 11.6 Å². The Labute approximate surface area is 113 Å². The molecular weight excluding hydrogens is 248 g/mol. The standard InChI is InChI=1S/C15H21F2NO/c1-15(5-3-4-6-19-15)14(18-2)9-11-7-12(16)10-13(17)8-11/h7-8,10,14,18H,3-6,9H2,1-2H3. The maximum atomic E-state index is 13.2. The minimum Gasteiger partial charge on any atom is -0.374 e. The molecule has 0 aliphatic carbocycles. The zero-order chi connectivity index (χ0) is 13.9. The predicted octanol–water partition coefficient (Wildman–Crippen LogP) is 3.05. The smallest absolute Gasteiger partial charge is 0.126 e. The first-order chi connectivity index (χ1) is 9.03. The molecule has 19 heavy (non-hydrogen) atoms. The number of rotatable bonds is 4. The first kappa shape index (κ1) is 14.4. The maximum Gasteiger partial charge on any atom is 0.126 e. The molecule has 106 valence electrons. The molecule has 1 saturated heterocycles. The second kappa shape index (κ2) is 5.97. The van der Waals surface area contributed by atoms with Crippen LogP contribution in [-0.4, -0.2) is 25.3 Å². The van der Waals surface area contributed by atoms with E-state index in [0.29, 0.717) is 12.0 Å². The molecule has 1 N–H and O–H groups in total. The van der Waals surface area contributed by atoms with E-state index in [1.165, 1.54) is 12.1 Å². The lowest BCUT2D eigenvalue weighted by Gasteiger charge is -2.40. The highest BCUT2D eigenvalue weighted by Crippen LogP contribution is 2.29. The number of nitrogens with one attached hydrogen (secondary N) is 1. The number of benzene rings is 1. The quantitative estimate of drug-likeness (QED) is 0.907. The fourth-order valence-corrected chi connectivity index (χ4v) is 2.82. The van der Waals surface area contributed by atoms with Crippen molar-refractivity contribution in [2.45, 2.75) is 44.2 Å². The van der Waals surface area contributed by atoms with Crippen molar-refractivity contribution in [1.82, 2.24) is 5.32 Å². The Bertz CT molecular complexity index is 410. The minimum atomic E-state index is -0.528. The molecule has 1 heterocycles. The van der Waals surface area contributed by atoms with E-state index >= 15 is 0 Å². The number of halogens is 2. The van der Waals surface area contributed by atoms with Gasteiger partial charge in [-0.3, -0.25) is 0 Å². The molecule has 2 unspecified atom stereocenters. The summed E-state index contributed by atoms with van der Waals surface area (Å²) in [5, 5.41) is 3.23. The number of hydrogen-bond acceptors (Lipinski definition) is 2. The molecule has 2 atom stereocenters. The van der Waals surface area contributed by atoms with E-state index in [0.717, 1.165) is 31.9 Å². The SMILES string of the molecule is CNC(Cc1cc(F)cc(F)c1)C1(C)CCCCO1. The lowest BCUT2D eigenvalue weighted by atomic mass is 9.85. The van der Waals surface area contributed by atoms with Crippen molar-refractivity contribution in [3.63, 3.8) is 0 Å². The molecule has 0 spiro atoms. The first-order valence-corrected chi connectivity index (χ1v) is 6.80. The monoisotopic (exact) mass is 269 g/mol. The molecule has 4 heteroatoms. The van der Waals surface area contributed by atoms with Crippen LogP contribution in [0.5, 0.6) is 0 Å². The Morgan fingerprint density at radius 2 is 1.95 bits per heavy atom. The van der Waals surface area contributed by atoms with Crippen LogP contribution in [0.3, 0.4) is 0 Å². The Hall–Kier alpha value is -1.00. The number of ether oxygens (including phenoxy) is 1. The summed E-state index contributed by atoms with van der Waals surface area (Å²) in [5.74, 6) is -1.06. The number of likely N-dealkylation sites (N-methyl/N-ethyl adjacent to an activating group) is 1. The van der Waals surface area contributed by atoms with Crippen LogP contribution < -0.4 is 5.32 Å². The van der Waals surface area contributed by atoms with Crippen LogP contribution in [0.25, 0.3) is 0 Å². The summed E-state index contributed by atoms with van der Waals surface area (Å²) in [4.78, 5) is 0.